The Morgan fingerprint density at radius 3 is 2.95 bits per heavy atom. The summed E-state index contributed by atoms with van der Waals surface area (Å²) in [5, 5.41) is 14.2. The molecular formula is C12H14ClN5O. The molecule has 0 bridgehead atoms. The Kier molecular flexibility index (Phi) is 4.11. The molecule has 0 aliphatic rings. The molecule has 0 saturated carbocycles. The van der Waals surface area contributed by atoms with E-state index in [4.69, 9.17) is 11.6 Å². The highest BCUT2D eigenvalue weighted by Gasteiger charge is 2.13. The Morgan fingerprint density at radius 1 is 1.53 bits per heavy atom. The molecule has 6 nitrogen and oxygen atoms in total. The van der Waals surface area contributed by atoms with Gasteiger partial charge in [-0.2, -0.15) is 0 Å². The third-order valence-corrected chi connectivity index (χ3v) is 3.13. The van der Waals surface area contributed by atoms with Gasteiger partial charge in [-0.05, 0) is 42.0 Å². The lowest BCUT2D eigenvalue weighted by Gasteiger charge is -2.13. The van der Waals surface area contributed by atoms with Gasteiger partial charge in [0.05, 0.1) is 16.3 Å². The number of nitrogens with one attached hydrogen (secondary N) is 1. The Bertz CT molecular complexity index is 570. The van der Waals surface area contributed by atoms with Crippen molar-refractivity contribution in [3.63, 3.8) is 0 Å². The number of rotatable bonds is 4. The van der Waals surface area contributed by atoms with Gasteiger partial charge in [0.15, 0.2) is 0 Å². The summed E-state index contributed by atoms with van der Waals surface area (Å²) in [5.41, 5.74) is 1.10. The third-order valence-electron chi connectivity index (χ3n) is 2.80. The zero-order valence-electron chi connectivity index (χ0n) is 10.7. The molecule has 1 aromatic carbocycles. The number of carbonyl (C=O) groups is 1. The Hall–Kier alpha value is -1.95. The van der Waals surface area contributed by atoms with Crippen molar-refractivity contribution < 1.29 is 4.79 Å². The third kappa shape index (κ3) is 3.08. The van der Waals surface area contributed by atoms with Crippen molar-refractivity contribution in [2.45, 2.75) is 26.3 Å². The Morgan fingerprint density at radius 2 is 2.32 bits per heavy atom. The maximum absolute atomic E-state index is 12.1. The summed E-state index contributed by atoms with van der Waals surface area (Å²) in [6.45, 7) is 3.95. The van der Waals surface area contributed by atoms with Crippen molar-refractivity contribution in [2.75, 3.05) is 0 Å². The van der Waals surface area contributed by atoms with Gasteiger partial charge in [0.1, 0.15) is 6.33 Å². The standard InChI is InChI=1S/C12H14ClN5O/c1-3-8(2)15-12(19)10-6-9(4-5-11(10)13)18-7-14-16-17-18/h4-8H,3H2,1-2H3,(H,15,19)/t8-/m0/s1. The molecule has 0 spiro atoms. The smallest absolute Gasteiger partial charge is 0.253 e. The van der Waals surface area contributed by atoms with Crippen LogP contribution >= 0.6 is 11.6 Å². The minimum Gasteiger partial charge on any atom is -0.350 e. The van der Waals surface area contributed by atoms with Gasteiger partial charge in [0, 0.05) is 6.04 Å². The van der Waals surface area contributed by atoms with E-state index in [-0.39, 0.29) is 11.9 Å². The van der Waals surface area contributed by atoms with Crippen LogP contribution in [0.25, 0.3) is 5.69 Å². The predicted molar refractivity (Wildman–Crippen MR) is 71.4 cm³/mol. The topological polar surface area (TPSA) is 72.7 Å². The zero-order valence-corrected chi connectivity index (χ0v) is 11.4. The molecule has 0 fully saturated rings. The number of tetrazole rings is 1. The van der Waals surface area contributed by atoms with E-state index in [0.717, 1.165) is 6.42 Å². The highest BCUT2D eigenvalue weighted by Crippen LogP contribution is 2.19. The SMILES string of the molecule is CC[C@H](C)NC(=O)c1cc(-n2cnnn2)ccc1Cl. The summed E-state index contributed by atoms with van der Waals surface area (Å²) in [5.74, 6) is -0.200. The number of carbonyl (C=O) groups excluding carboxylic acids is 1. The van der Waals surface area contributed by atoms with E-state index >= 15 is 0 Å². The Balaban J connectivity index is 2.30. The fourth-order valence-corrected chi connectivity index (χ4v) is 1.72. The number of benzene rings is 1. The fraction of sp³-hybridized carbons (Fsp3) is 0.333. The minimum atomic E-state index is -0.200. The number of halogens is 1. The molecule has 1 N–H and O–H groups in total. The van der Waals surface area contributed by atoms with Crippen LogP contribution in [0.2, 0.25) is 5.02 Å². The quantitative estimate of drug-likeness (QED) is 0.927. The number of aromatic nitrogens is 4. The van der Waals surface area contributed by atoms with Gasteiger partial charge in [0.2, 0.25) is 0 Å². The summed E-state index contributed by atoms with van der Waals surface area (Å²) < 4.78 is 1.47. The molecule has 0 aliphatic carbocycles. The van der Waals surface area contributed by atoms with Crippen molar-refractivity contribution in [3.8, 4) is 5.69 Å². The van der Waals surface area contributed by atoms with Gasteiger partial charge < -0.3 is 5.32 Å². The maximum Gasteiger partial charge on any atom is 0.253 e. The zero-order chi connectivity index (χ0) is 13.8. The summed E-state index contributed by atoms with van der Waals surface area (Å²) in [6, 6.07) is 5.17. The monoisotopic (exact) mass is 279 g/mol. The molecule has 1 atom stereocenters. The average molecular weight is 280 g/mol. The summed E-state index contributed by atoms with van der Waals surface area (Å²) in [6.07, 6.45) is 2.32. The number of amides is 1. The molecule has 0 radical (unpaired) electrons. The van der Waals surface area contributed by atoms with Crippen LogP contribution in [-0.4, -0.2) is 32.2 Å². The van der Waals surface area contributed by atoms with Crippen LogP contribution in [0.1, 0.15) is 30.6 Å². The molecule has 1 amide bonds. The second-order valence-corrected chi connectivity index (χ2v) is 4.61. The van der Waals surface area contributed by atoms with E-state index < -0.39 is 0 Å². The minimum absolute atomic E-state index is 0.0975. The molecule has 7 heteroatoms. The van der Waals surface area contributed by atoms with Gasteiger partial charge in [-0.3, -0.25) is 4.79 Å². The molecular weight excluding hydrogens is 266 g/mol. The normalized spacial score (nSPS) is 12.2. The maximum atomic E-state index is 12.1. The molecule has 19 heavy (non-hydrogen) atoms. The lowest BCUT2D eigenvalue weighted by atomic mass is 10.1. The number of hydrogen-bond acceptors (Lipinski definition) is 4. The second kappa shape index (κ2) is 5.79. The van der Waals surface area contributed by atoms with Crippen molar-refractivity contribution in [1.29, 1.82) is 0 Å². The van der Waals surface area contributed by atoms with E-state index in [0.29, 0.717) is 16.3 Å². The van der Waals surface area contributed by atoms with Crippen molar-refractivity contribution in [3.05, 3.63) is 35.1 Å². The summed E-state index contributed by atoms with van der Waals surface area (Å²) in [7, 11) is 0. The van der Waals surface area contributed by atoms with E-state index in [1.807, 2.05) is 13.8 Å². The lowest BCUT2D eigenvalue weighted by molar-refractivity contribution is 0.0939. The first kappa shape index (κ1) is 13.5. The first-order valence-electron chi connectivity index (χ1n) is 5.95. The molecule has 100 valence electrons. The lowest BCUT2D eigenvalue weighted by Crippen LogP contribution is -2.32. The van der Waals surface area contributed by atoms with Gasteiger partial charge in [-0.1, -0.05) is 18.5 Å². The average Bonchev–Trinajstić information content (AvgIpc) is 2.93. The van der Waals surface area contributed by atoms with E-state index in [9.17, 15) is 4.79 Å². The first-order chi connectivity index (χ1) is 9.11. The molecule has 1 aromatic heterocycles. The molecule has 0 aliphatic heterocycles. The molecule has 2 aromatic rings. The molecule has 1 heterocycles. The Labute approximate surface area is 115 Å². The highest BCUT2D eigenvalue weighted by atomic mass is 35.5. The largest absolute Gasteiger partial charge is 0.350 e. The van der Waals surface area contributed by atoms with Crippen LogP contribution in [-0.2, 0) is 0 Å². The van der Waals surface area contributed by atoms with Crippen LogP contribution in [0.15, 0.2) is 24.5 Å². The first-order valence-corrected chi connectivity index (χ1v) is 6.33. The van der Waals surface area contributed by atoms with Crippen molar-refractivity contribution in [1.82, 2.24) is 25.5 Å². The van der Waals surface area contributed by atoms with Gasteiger partial charge in [-0.15, -0.1) is 5.10 Å². The van der Waals surface area contributed by atoms with E-state index in [1.54, 1.807) is 18.2 Å². The molecule has 2 rings (SSSR count). The summed E-state index contributed by atoms with van der Waals surface area (Å²) in [4.78, 5) is 12.1. The van der Waals surface area contributed by atoms with Gasteiger partial charge >= 0.3 is 0 Å². The van der Waals surface area contributed by atoms with Crippen LogP contribution in [0.4, 0.5) is 0 Å². The summed E-state index contributed by atoms with van der Waals surface area (Å²) >= 11 is 6.06. The number of hydrogen-bond donors (Lipinski definition) is 1. The fourth-order valence-electron chi connectivity index (χ4n) is 1.51. The van der Waals surface area contributed by atoms with E-state index in [1.165, 1.54) is 11.0 Å². The predicted octanol–water partition coefficient (Wildman–Crippen LogP) is 1.84. The number of nitrogens with zero attached hydrogens (tertiary/aromatic N) is 4. The van der Waals surface area contributed by atoms with Crippen LogP contribution < -0.4 is 5.32 Å². The van der Waals surface area contributed by atoms with Crippen LogP contribution in [0.5, 0.6) is 0 Å². The highest BCUT2D eigenvalue weighted by molar-refractivity contribution is 6.33. The van der Waals surface area contributed by atoms with E-state index in [2.05, 4.69) is 20.8 Å². The van der Waals surface area contributed by atoms with Crippen molar-refractivity contribution in [2.24, 2.45) is 0 Å². The van der Waals surface area contributed by atoms with Crippen LogP contribution in [0, 0.1) is 0 Å². The van der Waals surface area contributed by atoms with Crippen LogP contribution in [0.3, 0.4) is 0 Å². The van der Waals surface area contributed by atoms with Gasteiger partial charge in [-0.25, -0.2) is 4.68 Å². The van der Waals surface area contributed by atoms with Crippen molar-refractivity contribution >= 4 is 17.5 Å². The molecule has 0 saturated heterocycles. The van der Waals surface area contributed by atoms with Gasteiger partial charge in [0.25, 0.3) is 5.91 Å². The molecule has 0 unspecified atom stereocenters. The second-order valence-electron chi connectivity index (χ2n) is 4.20.